The predicted octanol–water partition coefficient (Wildman–Crippen LogP) is 3.18. The molecule has 1 fully saturated rings. The molecule has 0 spiro atoms. The number of thioether (sulfide) groups is 1. The van der Waals surface area contributed by atoms with Gasteiger partial charge in [0.05, 0.1) is 12.4 Å². The van der Waals surface area contributed by atoms with E-state index >= 15 is 0 Å². The highest BCUT2D eigenvalue weighted by Gasteiger charge is 2.23. The number of benzene rings is 1. The molecular weight excluding hydrogens is 260 g/mol. The van der Waals surface area contributed by atoms with Crippen LogP contribution < -0.4 is 0 Å². The van der Waals surface area contributed by atoms with Crippen LogP contribution in [0.5, 0.6) is 0 Å². The molecule has 0 aliphatic heterocycles. The molecule has 0 N–H and O–H groups in total. The van der Waals surface area contributed by atoms with Crippen molar-refractivity contribution in [3.63, 3.8) is 0 Å². The van der Waals surface area contributed by atoms with Crippen molar-refractivity contribution in [3.05, 3.63) is 29.8 Å². The maximum absolute atomic E-state index is 11.3. The normalized spacial score (nSPS) is 18.6. The Morgan fingerprint density at radius 2 is 2.11 bits per heavy atom. The lowest BCUT2D eigenvalue weighted by Gasteiger charge is -2.09. The third-order valence-electron chi connectivity index (χ3n) is 3.26. The van der Waals surface area contributed by atoms with Crippen LogP contribution in [0.25, 0.3) is 0 Å². The van der Waals surface area contributed by atoms with E-state index in [9.17, 15) is 9.59 Å². The molecule has 1 saturated carbocycles. The molecule has 1 aliphatic rings. The number of Topliss-reactive ketones (excluding diaryl/α,β-unsaturated/α-hetero) is 1. The van der Waals surface area contributed by atoms with Crippen molar-refractivity contribution in [1.82, 2.24) is 0 Å². The summed E-state index contributed by atoms with van der Waals surface area (Å²) in [4.78, 5) is 23.6. The lowest BCUT2D eigenvalue weighted by molar-refractivity contribution is -0.139. The van der Waals surface area contributed by atoms with Gasteiger partial charge in [-0.05, 0) is 37.0 Å². The van der Waals surface area contributed by atoms with Crippen molar-refractivity contribution in [2.45, 2.75) is 37.0 Å². The number of carbonyl (C=O) groups excluding carboxylic acids is 2. The van der Waals surface area contributed by atoms with Gasteiger partial charge in [0, 0.05) is 17.7 Å². The van der Waals surface area contributed by atoms with Gasteiger partial charge >= 0.3 is 5.97 Å². The Morgan fingerprint density at radius 3 is 2.68 bits per heavy atom. The topological polar surface area (TPSA) is 43.4 Å². The first-order valence-corrected chi connectivity index (χ1v) is 7.57. The van der Waals surface area contributed by atoms with Gasteiger partial charge in [-0.15, -0.1) is 11.8 Å². The van der Waals surface area contributed by atoms with Gasteiger partial charge in [-0.25, -0.2) is 0 Å². The molecule has 0 bridgehead atoms. The summed E-state index contributed by atoms with van der Waals surface area (Å²) in [5, 5.41) is 0. The molecule has 19 heavy (non-hydrogen) atoms. The average molecular weight is 278 g/mol. The van der Waals surface area contributed by atoms with Gasteiger partial charge in [-0.1, -0.05) is 12.1 Å². The van der Waals surface area contributed by atoms with Crippen molar-refractivity contribution in [2.24, 2.45) is 0 Å². The van der Waals surface area contributed by atoms with Gasteiger partial charge in [-0.2, -0.15) is 0 Å². The smallest absolute Gasteiger partial charge is 0.316 e. The third-order valence-corrected chi connectivity index (χ3v) is 4.24. The predicted molar refractivity (Wildman–Crippen MR) is 75.4 cm³/mol. The fourth-order valence-electron chi connectivity index (χ4n) is 2.28. The highest BCUT2D eigenvalue weighted by molar-refractivity contribution is 8.00. The van der Waals surface area contributed by atoms with Crippen molar-refractivity contribution in [3.8, 4) is 0 Å². The van der Waals surface area contributed by atoms with Crippen LogP contribution in [-0.2, 0) is 14.3 Å². The van der Waals surface area contributed by atoms with Gasteiger partial charge in [0.1, 0.15) is 5.78 Å². The van der Waals surface area contributed by atoms with E-state index in [4.69, 9.17) is 4.74 Å². The van der Waals surface area contributed by atoms with Crippen molar-refractivity contribution < 1.29 is 14.3 Å². The second kappa shape index (κ2) is 6.75. The molecule has 2 rings (SSSR count). The van der Waals surface area contributed by atoms with E-state index < -0.39 is 0 Å². The second-order valence-electron chi connectivity index (χ2n) is 4.64. The molecule has 1 aliphatic carbocycles. The molecule has 3 nitrogen and oxygen atoms in total. The Morgan fingerprint density at radius 1 is 1.37 bits per heavy atom. The van der Waals surface area contributed by atoms with E-state index in [1.54, 1.807) is 6.92 Å². The van der Waals surface area contributed by atoms with Crippen LogP contribution in [0.15, 0.2) is 29.2 Å². The van der Waals surface area contributed by atoms with E-state index in [1.165, 1.54) is 17.3 Å². The minimum absolute atomic E-state index is 0.182. The number of rotatable bonds is 5. The number of hydrogen-bond donors (Lipinski definition) is 0. The molecule has 0 aromatic heterocycles. The molecule has 0 radical (unpaired) electrons. The lowest BCUT2D eigenvalue weighted by atomic mass is 9.98. The summed E-state index contributed by atoms with van der Waals surface area (Å²) in [6.45, 7) is 2.23. The SMILES string of the molecule is CCOC(=O)CSc1ccc(C2CCC(=O)C2)cc1. The van der Waals surface area contributed by atoms with E-state index in [1.807, 2.05) is 12.1 Å². The Bertz CT molecular complexity index is 453. The van der Waals surface area contributed by atoms with Crippen LogP contribution in [0, 0.1) is 0 Å². The van der Waals surface area contributed by atoms with Gasteiger partial charge in [0.25, 0.3) is 0 Å². The number of ketones is 1. The largest absolute Gasteiger partial charge is 0.465 e. The molecule has 102 valence electrons. The highest BCUT2D eigenvalue weighted by atomic mass is 32.2. The monoisotopic (exact) mass is 278 g/mol. The van der Waals surface area contributed by atoms with E-state index in [0.717, 1.165) is 11.3 Å². The zero-order valence-corrected chi connectivity index (χ0v) is 11.9. The quantitative estimate of drug-likeness (QED) is 0.613. The Hall–Kier alpha value is -1.29. The van der Waals surface area contributed by atoms with Crippen molar-refractivity contribution in [2.75, 3.05) is 12.4 Å². The first-order chi connectivity index (χ1) is 9.19. The van der Waals surface area contributed by atoms with Crippen LogP contribution in [0.3, 0.4) is 0 Å². The maximum Gasteiger partial charge on any atom is 0.316 e. The maximum atomic E-state index is 11.3. The summed E-state index contributed by atoms with van der Waals surface area (Å²) < 4.78 is 4.88. The molecule has 1 aromatic rings. The molecule has 1 aromatic carbocycles. The number of carbonyl (C=O) groups is 2. The molecule has 0 saturated heterocycles. The molecule has 1 atom stereocenters. The first-order valence-electron chi connectivity index (χ1n) is 6.59. The zero-order valence-electron chi connectivity index (χ0n) is 11.1. The standard InChI is InChI=1S/C15H18O3S/c1-2-18-15(17)10-19-14-7-4-11(5-8-14)12-3-6-13(16)9-12/h4-5,7-8,12H,2-3,6,9-10H2,1H3. The third kappa shape index (κ3) is 4.10. The summed E-state index contributed by atoms with van der Waals surface area (Å²) >= 11 is 1.48. The molecule has 4 heteroatoms. The summed E-state index contributed by atoms with van der Waals surface area (Å²) in [6, 6.07) is 8.16. The van der Waals surface area contributed by atoms with Crippen LogP contribution >= 0.6 is 11.8 Å². The summed E-state index contributed by atoms with van der Waals surface area (Å²) in [5.41, 5.74) is 1.23. The van der Waals surface area contributed by atoms with Crippen LogP contribution in [-0.4, -0.2) is 24.1 Å². The van der Waals surface area contributed by atoms with Crippen molar-refractivity contribution in [1.29, 1.82) is 0 Å². The summed E-state index contributed by atoms with van der Waals surface area (Å²) in [5.74, 6) is 0.912. The summed E-state index contributed by atoms with van der Waals surface area (Å²) in [7, 11) is 0. The fourth-order valence-corrected chi connectivity index (χ4v) is 2.98. The van der Waals surface area contributed by atoms with Gasteiger partial charge in [-0.3, -0.25) is 9.59 Å². The van der Waals surface area contributed by atoms with E-state index in [-0.39, 0.29) is 5.97 Å². The van der Waals surface area contributed by atoms with Gasteiger partial charge in [0.2, 0.25) is 0 Å². The zero-order chi connectivity index (χ0) is 13.7. The van der Waals surface area contributed by atoms with Crippen molar-refractivity contribution >= 4 is 23.5 Å². The van der Waals surface area contributed by atoms with Gasteiger partial charge in [0.15, 0.2) is 0 Å². The second-order valence-corrected chi connectivity index (χ2v) is 5.69. The molecule has 1 unspecified atom stereocenters. The Kier molecular flexibility index (Phi) is 5.02. The van der Waals surface area contributed by atoms with Crippen LogP contribution in [0.4, 0.5) is 0 Å². The van der Waals surface area contributed by atoms with Crippen LogP contribution in [0.1, 0.15) is 37.7 Å². The lowest BCUT2D eigenvalue weighted by Crippen LogP contribution is -2.06. The van der Waals surface area contributed by atoms with Gasteiger partial charge < -0.3 is 4.74 Å². The average Bonchev–Trinajstić information content (AvgIpc) is 2.84. The van der Waals surface area contributed by atoms with E-state index in [2.05, 4.69) is 12.1 Å². The van der Waals surface area contributed by atoms with E-state index in [0.29, 0.717) is 36.9 Å². The Balaban J connectivity index is 1.88. The number of hydrogen-bond acceptors (Lipinski definition) is 4. The van der Waals surface area contributed by atoms with Crippen LogP contribution in [0.2, 0.25) is 0 Å². The minimum Gasteiger partial charge on any atom is -0.465 e. The Labute approximate surface area is 117 Å². The first kappa shape index (κ1) is 14.1. The minimum atomic E-state index is -0.182. The summed E-state index contributed by atoms with van der Waals surface area (Å²) in [6.07, 6.45) is 2.35. The molecule has 0 heterocycles. The highest BCUT2D eigenvalue weighted by Crippen LogP contribution is 2.32. The fraction of sp³-hybridized carbons (Fsp3) is 0.467. The number of esters is 1. The number of ether oxygens (including phenoxy) is 1. The molecular formula is C15H18O3S. The molecule has 0 amide bonds.